The van der Waals surface area contributed by atoms with Crippen molar-refractivity contribution in [3.63, 3.8) is 0 Å². The number of phenols is 1. The zero-order valence-electron chi connectivity index (χ0n) is 11.8. The summed E-state index contributed by atoms with van der Waals surface area (Å²) in [6.45, 7) is 0.272. The minimum atomic E-state index is -0.0912. The second kappa shape index (κ2) is 5.67. The number of benzene rings is 1. The number of phenolic OH excluding ortho intramolecular Hbond substituents is 1. The molecule has 0 fully saturated rings. The number of nitrogens with two attached hydrogens (primary N) is 2. The van der Waals surface area contributed by atoms with Gasteiger partial charge < -0.3 is 21.9 Å². The first kappa shape index (κ1) is 14.4. The molecule has 1 aromatic carbocycles. The molecule has 0 radical (unpaired) electrons. The first-order chi connectivity index (χ1) is 11.1. The first-order valence-corrected chi connectivity index (χ1v) is 6.51. The quantitative estimate of drug-likeness (QED) is 0.410. The predicted octanol–water partition coefficient (Wildman–Crippen LogP) is 1.30. The van der Waals surface area contributed by atoms with Crippen LogP contribution in [0.15, 0.2) is 29.6 Å². The van der Waals surface area contributed by atoms with Crippen molar-refractivity contribution in [2.24, 2.45) is 5.18 Å². The number of aromatic hydroxyl groups is 1. The summed E-state index contributed by atoms with van der Waals surface area (Å²) in [5.74, 6) is 0.0848. The van der Waals surface area contributed by atoms with Gasteiger partial charge in [-0.2, -0.15) is 9.97 Å². The summed E-state index contributed by atoms with van der Waals surface area (Å²) >= 11 is 0. The summed E-state index contributed by atoms with van der Waals surface area (Å²) in [5.41, 5.74) is 13.0. The van der Waals surface area contributed by atoms with Gasteiger partial charge in [-0.1, -0.05) is 0 Å². The Morgan fingerprint density at radius 1 is 1.22 bits per heavy atom. The molecule has 0 spiro atoms. The molecule has 3 aromatic rings. The Morgan fingerprint density at radius 3 is 2.78 bits per heavy atom. The number of nitrogens with zero attached hydrogens (tertiary/aromatic N) is 5. The first-order valence-electron chi connectivity index (χ1n) is 6.51. The molecule has 2 aromatic heterocycles. The number of nitrogen functional groups attached to an aromatic ring is 2. The van der Waals surface area contributed by atoms with Crippen molar-refractivity contribution < 1.29 is 5.11 Å². The van der Waals surface area contributed by atoms with Crippen molar-refractivity contribution in [2.75, 3.05) is 16.8 Å². The van der Waals surface area contributed by atoms with Crippen LogP contribution < -0.4 is 16.8 Å². The van der Waals surface area contributed by atoms with Crippen LogP contribution in [-0.4, -0.2) is 25.0 Å². The molecule has 0 amide bonds. The highest BCUT2D eigenvalue weighted by molar-refractivity contribution is 5.81. The Balaban J connectivity index is 1.83. The predicted molar refractivity (Wildman–Crippen MR) is 84.8 cm³/mol. The average molecular weight is 312 g/mol. The van der Waals surface area contributed by atoms with E-state index in [1.165, 1.54) is 18.3 Å². The average Bonchev–Trinajstić information content (AvgIpc) is 2.53. The molecule has 0 aliphatic heterocycles. The maximum atomic E-state index is 10.4. The van der Waals surface area contributed by atoms with Crippen molar-refractivity contribution in [3.8, 4) is 5.75 Å². The number of anilines is 3. The van der Waals surface area contributed by atoms with Crippen LogP contribution in [0.5, 0.6) is 5.75 Å². The number of hydrogen-bond acceptors (Lipinski definition) is 10. The van der Waals surface area contributed by atoms with Crippen LogP contribution in [0.2, 0.25) is 0 Å². The summed E-state index contributed by atoms with van der Waals surface area (Å²) in [7, 11) is 0. The van der Waals surface area contributed by atoms with Crippen LogP contribution in [0.4, 0.5) is 23.1 Å². The second-order valence-corrected chi connectivity index (χ2v) is 4.65. The lowest BCUT2D eigenvalue weighted by Gasteiger charge is -2.09. The van der Waals surface area contributed by atoms with Crippen LogP contribution in [0.1, 0.15) is 5.69 Å². The Labute approximate surface area is 129 Å². The minimum absolute atomic E-state index is 0.0315. The van der Waals surface area contributed by atoms with E-state index in [-0.39, 0.29) is 29.7 Å². The number of hydrogen-bond donors (Lipinski definition) is 4. The molecule has 0 bridgehead atoms. The van der Waals surface area contributed by atoms with Crippen LogP contribution in [0, 0.1) is 4.91 Å². The highest BCUT2D eigenvalue weighted by atomic mass is 16.3. The number of aromatic nitrogens is 4. The molecule has 6 N–H and O–H groups in total. The topological polar surface area (TPSA) is 165 Å². The Hall–Kier alpha value is -3.56. The minimum Gasteiger partial charge on any atom is -0.506 e. The SMILES string of the molecule is Nc1nc(N)c2nc(CNc3ccc(N=O)cc3O)cnc2n1. The largest absolute Gasteiger partial charge is 0.506 e. The smallest absolute Gasteiger partial charge is 0.224 e. The van der Waals surface area contributed by atoms with Crippen LogP contribution >= 0.6 is 0 Å². The molecule has 116 valence electrons. The van der Waals surface area contributed by atoms with E-state index in [9.17, 15) is 10.0 Å². The fourth-order valence-electron chi connectivity index (χ4n) is 1.98. The normalized spacial score (nSPS) is 10.6. The molecule has 0 aliphatic rings. The number of fused-ring (bicyclic) bond motifs is 1. The van der Waals surface area contributed by atoms with Gasteiger partial charge in [-0.3, -0.25) is 0 Å². The molecule has 0 unspecified atom stereocenters. The van der Waals surface area contributed by atoms with Crippen LogP contribution in [-0.2, 0) is 6.54 Å². The van der Waals surface area contributed by atoms with Crippen molar-refractivity contribution in [1.82, 2.24) is 19.9 Å². The molecule has 23 heavy (non-hydrogen) atoms. The summed E-state index contributed by atoms with van der Waals surface area (Å²) in [4.78, 5) is 26.6. The van der Waals surface area contributed by atoms with Gasteiger partial charge in [0.05, 0.1) is 24.1 Å². The van der Waals surface area contributed by atoms with Gasteiger partial charge in [0.15, 0.2) is 17.0 Å². The van der Waals surface area contributed by atoms with Gasteiger partial charge in [-0.15, -0.1) is 4.91 Å². The van der Waals surface area contributed by atoms with E-state index in [1.54, 1.807) is 6.07 Å². The van der Waals surface area contributed by atoms with E-state index in [0.29, 0.717) is 22.5 Å². The molecule has 3 rings (SSSR count). The Morgan fingerprint density at radius 2 is 2.04 bits per heavy atom. The summed E-state index contributed by atoms with van der Waals surface area (Å²) in [6, 6.07) is 4.28. The van der Waals surface area contributed by atoms with E-state index in [2.05, 4.69) is 30.4 Å². The molecule has 10 nitrogen and oxygen atoms in total. The number of rotatable bonds is 4. The monoisotopic (exact) mass is 312 g/mol. The number of nitrogens with one attached hydrogen (secondary N) is 1. The lowest BCUT2D eigenvalue weighted by molar-refractivity contribution is 0.477. The van der Waals surface area contributed by atoms with Gasteiger partial charge in [0.2, 0.25) is 5.95 Å². The maximum Gasteiger partial charge on any atom is 0.224 e. The van der Waals surface area contributed by atoms with Crippen molar-refractivity contribution in [3.05, 3.63) is 35.0 Å². The van der Waals surface area contributed by atoms with Gasteiger partial charge in [-0.05, 0) is 17.3 Å². The van der Waals surface area contributed by atoms with E-state index in [1.807, 2.05) is 0 Å². The van der Waals surface area contributed by atoms with Crippen LogP contribution in [0.25, 0.3) is 11.2 Å². The highest BCUT2D eigenvalue weighted by Gasteiger charge is 2.08. The summed E-state index contributed by atoms with van der Waals surface area (Å²) < 4.78 is 0. The Bertz CT molecular complexity index is 899. The second-order valence-electron chi connectivity index (χ2n) is 4.65. The molecule has 0 aliphatic carbocycles. The van der Waals surface area contributed by atoms with Gasteiger partial charge in [-0.25, -0.2) is 9.97 Å². The fourth-order valence-corrected chi connectivity index (χ4v) is 1.98. The molecular formula is C13H12N8O2. The molecule has 2 heterocycles. The van der Waals surface area contributed by atoms with Crippen LogP contribution in [0.3, 0.4) is 0 Å². The summed E-state index contributed by atoms with van der Waals surface area (Å²) in [5, 5.41) is 15.5. The van der Waals surface area contributed by atoms with E-state index in [4.69, 9.17) is 11.5 Å². The molecule has 0 saturated heterocycles. The lowest BCUT2D eigenvalue weighted by atomic mass is 10.2. The Kier molecular flexibility index (Phi) is 3.55. The molecule has 0 atom stereocenters. The molecule has 10 heteroatoms. The zero-order chi connectivity index (χ0) is 16.4. The van der Waals surface area contributed by atoms with Crippen molar-refractivity contribution in [1.29, 1.82) is 0 Å². The zero-order valence-corrected chi connectivity index (χ0v) is 11.8. The number of nitroso groups, excluding NO2 is 1. The molecule has 0 saturated carbocycles. The van der Waals surface area contributed by atoms with E-state index >= 15 is 0 Å². The fraction of sp³-hybridized carbons (Fsp3) is 0.0769. The van der Waals surface area contributed by atoms with Gasteiger partial charge in [0.25, 0.3) is 0 Å². The van der Waals surface area contributed by atoms with E-state index < -0.39 is 0 Å². The maximum absolute atomic E-state index is 10.4. The van der Waals surface area contributed by atoms with E-state index in [0.717, 1.165) is 0 Å². The van der Waals surface area contributed by atoms with Gasteiger partial charge >= 0.3 is 0 Å². The summed E-state index contributed by atoms with van der Waals surface area (Å²) in [6.07, 6.45) is 1.51. The van der Waals surface area contributed by atoms with Crippen molar-refractivity contribution >= 4 is 34.3 Å². The lowest BCUT2D eigenvalue weighted by Crippen LogP contribution is -2.07. The molecular weight excluding hydrogens is 300 g/mol. The third kappa shape index (κ3) is 2.90. The highest BCUT2D eigenvalue weighted by Crippen LogP contribution is 2.28. The standard InChI is InChI=1S/C13H12N8O2/c14-11-10-12(20-13(15)19-11)17-5-7(18-10)4-16-8-2-1-6(21-23)3-9(8)22/h1-3,5,16,22H,4H2,(H4,14,15,17,19,20). The van der Waals surface area contributed by atoms with Crippen molar-refractivity contribution in [2.45, 2.75) is 6.54 Å². The third-order valence-electron chi connectivity index (χ3n) is 3.05. The van der Waals surface area contributed by atoms with Gasteiger partial charge in [0, 0.05) is 6.07 Å². The van der Waals surface area contributed by atoms with Gasteiger partial charge in [0.1, 0.15) is 11.4 Å². The third-order valence-corrected chi connectivity index (χ3v) is 3.05.